The Morgan fingerprint density at radius 3 is 2.75 bits per heavy atom. The first-order valence-corrected chi connectivity index (χ1v) is 6.55. The fraction of sp³-hybridized carbons (Fsp3) is 0.500. The molecule has 1 heterocycles. The van der Waals surface area contributed by atoms with Crippen molar-refractivity contribution in [2.45, 2.75) is 26.9 Å². The molecule has 110 valence electrons. The number of aromatic nitrogens is 2. The third-order valence-electron chi connectivity index (χ3n) is 3.18. The first-order chi connectivity index (χ1) is 9.38. The minimum atomic E-state index is -0.649. The lowest BCUT2D eigenvalue weighted by Gasteiger charge is -2.19. The fourth-order valence-corrected chi connectivity index (χ4v) is 1.63. The summed E-state index contributed by atoms with van der Waals surface area (Å²) in [7, 11) is 1.91. The summed E-state index contributed by atoms with van der Waals surface area (Å²) in [5.41, 5.74) is 1.63. The third kappa shape index (κ3) is 3.77. The molecule has 0 aliphatic carbocycles. The Bertz CT molecular complexity index is 500. The molecule has 6 nitrogen and oxygen atoms in total. The number of hydrogen-bond acceptors (Lipinski definition) is 5. The van der Waals surface area contributed by atoms with E-state index in [2.05, 4.69) is 21.9 Å². The number of carbonyl (C=O) groups is 1. The highest BCUT2D eigenvalue weighted by molar-refractivity contribution is 5.94. The average Bonchev–Trinajstić information content (AvgIpc) is 2.43. The fourth-order valence-electron chi connectivity index (χ4n) is 1.63. The van der Waals surface area contributed by atoms with Gasteiger partial charge in [0.1, 0.15) is 17.8 Å². The molecule has 1 aromatic heterocycles. The summed E-state index contributed by atoms with van der Waals surface area (Å²) >= 11 is 0. The van der Waals surface area contributed by atoms with Gasteiger partial charge in [-0.1, -0.05) is 6.58 Å². The number of nitrogens with zero attached hydrogens (tertiary/aromatic N) is 3. The van der Waals surface area contributed by atoms with Gasteiger partial charge in [-0.25, -0.2) is 9.97 Å². The van der Waals surface area contributed by atoms with Crippen molar-refractivity contribution in [3.8, 4) is 0 Å². The van der Waals surface area contributed by atoms with Gasteiger partial charge in [-0.2, -0.15) is 0 Å². The molecule has 0 spiro atoms. The van der Waals surface area contributed by atoms with E-state index in [1.54, 1.807) is 6.92 Å². The second-order valence-corrected chi connectivity index (χ2v) is 4.70. The molecule has 0 aliphatic rings. The Labute approximate surface area is 119 Å². The molecule has 0 radical (unpaired) electrons. The van der Waals surface area contributed by atoms with E-state index < -0.39 is 6.10 Å². The monoisotopic (exact) mass is 278 g/mol. The van der Waals surface area contributed by atoms with Crippen LogP contribution in [0.3, 0.4) is 0 Å². The molecule has 0 aliphatic heterocycles. The molecule has 0 saturated heterocycles. The van der Waals surface area contributed by atoms with E-state index in [0.29, 0.717) is 11.3 Å². The van der Waals surface area contributed by atoms with Crippen molar-refractivity contribution in [1.29, 1.82) is 0 Å². The van der Waals surface area contributed by atoms with Crippen LogP contribution < -0.4 is 10.2 Å². The molecule has 1 rings (SSSR count). The summed E-state index contributed by atoms with van der Waals surface area (Å²) in [5.74, 6) is 0.444. The summed E-state index contributed by atoms with van der Waals surface area (Å²) in [6, 6.07) is 0. The minimum absolute atomic E-state index is 0.221. The van der Waals surface area contributed by atoms with E-state index in [1.165, 1.54) is 6.33 Å². The number of carbonyl (C=O) groups excluding carboxylic acids is 1. The average molecular weight is 278 g/mol. The normalized spacial score (nSPS) is 11.8. The SMILES string of the molecule is C=C(CNC(=O)c1ncnc(N(C)CC)c1C)C(C)O. The molecule has 1 aromatic rings. The van der Waals surface area contributed by atoms with Crippen LogP contribution in [-0.2, 0) is 0 Å². The topological polar surface area (TPSA) is 78.4 Å². The van der Waals surface area contributed by atoms with E-state index in [0.717, 1.165) is 17.9 Å². The lowest BCUT2D eigenvalue weighted by molar-refractivity contribution is 0.0949. The maximum atomic E-state index is 12.1. The number of hydrogen-bond donors (Lipinski definition) is 2. The Balaban J connectivity index is 2.86. The van der Waals surface area contributed by atoms with Crippen LogP contribution in [-0.4, -0.2) is 47.2 Å². The number of aliphatic hydroxyl groups excluding tert-OH is 1. The van der Waals surface area contributed by atoms with Gasteiger partial charge in [-0.3, -0.25) is 4.79 Å². The van der Waals surface area contributed by atoms with Crippen LogP contribution in [0.4, 0.5) is 5.82 Å². The zero-order valence-electron chi connectivity index (χ0n) is 12.5. The van der Waals surface area contributed by atoms with Gasteiger partial charge in [0.2, 0.25) is 0 Å². The highest BCUT2D eigenvalue weighted by atomic mass is 16.3. The molecular weight excluding hydrogens is 256 g/mol. The van der Waals surface area contributed by atoms with Crippen LogP contribution in [0.5, 0.6) is 0 Å². The third-order valence-corrected chi connectivity index (χ3v) is 3.18. The van der Waals surface area contributed by atoms with E-state index in [1.807, 2.05) is 25.8 Å². The van der Waals surface area contributed by atoms with Gasteiger partial charge < -0.3 is 15.3 Å². The van der Waals surface area contributed by atoms with Gasteiger partial charge in [-0.05, 0) is 26.3 Å². The Morgan fingerprint density at radius 1 is 1.55 bits per heavy atom. The predicted molar refractivity (Wildman–Crippen MR) is 78.9 cm³/mol. The number of amides is 1. The molecule has 1 unspecified atom stereocenters. The van der Waals surface area contributed by atoms with E-state index in [9.17, 15) is 9.90 Å². The van der Waals surface area contributed by atoms with Crippen LogP contribution in [0.25, 0.3) is 0 Å². The summed E-state index contributed by atoms with van der Waals surface area (Å²) < 4.78 is 0. The van der Waals surface area contributed by atoms with Gasteiger partial charge in [0.25, 0.3) is 5.91 Å². The number of anilines is 1. The van der Waals surface area contributed by atoms with Crippen molar-refractivity contribution >= 4 is 11.7 Å². The largest absolute Gasteiger partial charge is 0.389 e. The van der Waals surface area contributed by atoms with Gasteiger partial charge in [-0.15, -0.1) is 0 Å². The lowest BCUT2D eigenvalue weighted by Crippen LogP contribution is -2.30. The molecule has 1 amide bonds. The summed E-state index contributed by atoms with van der Waals surface area (Å²) in [4.78, 5) is 22.3. The van der Waals surface area contributed by atoms with Gasteiger partial charge in [0.05, 0.1) is 6.10 Å². The molecular formula is C14H22N4O2. The second kappa shape index (κ2) is 7.00. The molecule has 0 fully saturated rings. The van der Waals surface area contributed by atoms with Crippen LogP contribution in [0, 0.1) is 6.92 Å². The Hall–Kier alpha value is -1.95. The van der Waals surface area contributed by atoms with Crippen LogP contribution in [0.2, 0.25) is 0 Å². The lowest BCUT2D eigenvalue weighted by atomic mass is 10.1. The Morgan fingerprint density at radius 2 is 2.20 bits per heavy atom. The van der Waals surface area contributed by atoms with Crippen LogP contribution in [0.1, 0.15) is 29.9 Å². The molecule has 0 aromatic carbocycles. The number of aliphatic hydroxyl groups is 1. The highest BCUT2D eigenvalue weighted by Crippen LogP contribution is 2.17. The van der Waals surface area contributed by atoms with Crippen molar-refractivity contribution in [3.05, 3.63) is 29.7 Å². The number of rotatable bonds is 6. The van der Waals surface area contributed by atoms with Crippen molar-refractivity contribution in [1.82, 2.24) is 15.3 Å². The predicted octanol–water partition coefficient (Wildman–Crippen LogP) is 0.908. The zero-order valence-corrected chi connectivity index (χ0v) is 12.5. The molecule has 0 saturated carbocycles. The molecule has 20 heavy (non-hydrogen) atoms. The first kappa shape index (κ1) is 16.1. The second-order valence-electron chi connectivity index (χ2n) is 4.70. The highest BCUT2D eigenvalue weighted by Gasteiger charge is 2.16. The smallest absolute Gasteiger partial charge is 0.270 e. The maximum Gasteiger partial charge on any atom is 0.270 e. The minimum Gasteiger partial charge on any atom is -0.389 e. The zero-order chi connectivity index (χ0) is 15.3. The van der Waals surface area contributed by atoms with Crippen LogP contribution in [0.15, 0.2) is 18.5 Å². The quantitative estimate of drug-likeness (QED) is 0.756. The van der Waals surface area contributed by atoms with Crippen molar-refractivity contribution < 1.29 is 9.90 Å². The molecule has 1 atom stereocenters. The summed E-state index contributed by atoms with van der Waals surface area (Å²) in [6.07, 6.45) is 0.732. The van der Waals surface area contributed by atoms with Gasteiger partial charge in [0.15, 0.2) is 0 Å². The molecule has 6 heteroatoms. The first-order valence-electron chi connectivity index (χ1n) is 6.55. The number of nitrogens with one attached hydrogen (secondary N) is 1. The van der Waals surface area contributed by atoms with E-state index in [4.69, 9.17) is 0 Å². The van der Waals surface area contributed by atoms with Gasteiger partial charge in [0, 0.05) is 25.7 Å². The van der Waals surface area contributed by atoms with Crippen LogP contribution >= 0.6 is 0 Å². The summed E-state index contributed by atoms with van der Waals surface area (Å²) in [6.45, 7) is 10.1. The van der Waals surface area contributed by atoms with Crippen molar-refractivity contribution in [3.63, 3.8) is 0 Å². The van der Waals surface area contributed by atoms with Crippen molar-refractivity contribution in [2.24, 2.45) is 0 Å². The van der Waals surface area contributed by atoms with Crippen molar-refractivity contribution in [2.75, 3.05) is 25.0 Å². The van der Waals surface area contributed by atoms with E-state index >= 15 is 0 Å². The van der Waals surface area contributed by atoms with Gasteiger partial charge >= 0.3 is 0 Å². The Kier molecular flexibility index (Phi) is 5.64. The summed E-state index contributed by atoms with van der Waals surface area (Å²) in [5, 5.41) is 12.0. The molecule has 2 N–H and O–H groups in total. The van der Waals surface area contributed by atoms with E-state index in [-0.39, 0.29) is 12.5 Å². The molecule has 0 bridgehead atoms. The maximum absolute atomic E-state index is 12.1. The standard InChI is InChI=1S/C14H22N4O2/c1-6-18(5)13-10(3)12(16-8-17-13)14(20)15-7-9(2)11(4)19/h8,11,19H,2,6-7H2,1,3-5H3,(H,15,20).